The lowest BCUT2D eigenvalue weighted by Crippen LogP contribution is -2.43. The van der Waals surface area contributed by atoms with Gasteiger partial charge in [0.05, 0.1) is 5.02 Å². The molecule has 2 N–H and O–H groups in total. The second-order valence-electron chi connectivity index (χ2n) is 5.44. The third kappa shape index (κ3) is 4.53. The lowest BCUT2D eigenvalue weighted by molar-refractivity contribution is 0.232. The SMILES string of the molecule is CC1(CNS(=O)(=O)c2c(F)cccc2Cl)CCNCC1.Cl. The van der Waals surface area contributed by atoms with Crippen LogP contribution in [0.1, 0.15) is 19.8 Å². The quantitative estimate of drug-likeness (QED) is 0.871. The summed E-state index contributed by atoms with van der Waals surface area (Å²) in [7, 11) is -3.94. The molecule has 1 saturated heterocycles. The van der Waals surface area contributed by atoms with Crippen LogP contribution in [0.25, 0.3) is 0 Å². The fourth-order valence-electron chi connectivity index (χ4n) is 2.29. The molecule has 0 aromatic heterocycles. The molecular weight excluding hydrogens is 338 g/mol. The first-order chi connectivity index (χ1) is 9.34. The Labute approximate surface area is 135 Å². The molecule has 0 atom stereocenters. The molecule has 21 heavy (non-hydrogen) atoms. The van der Waals surface area contributed by atoms with Gasteiger partial charge in [0.2, 0.25) is 10.0 Å². The monoisotopic (exact) mass is 356 g/mol. The Morgan fingerprint density at radius 2 is 2.00 bits per heavy atom. The minimum atomic E-state index is -3.94. The van der Waals surface area contributed by atoms with Crippen LogP contribution in [0.2, 0.25) is 5.02 Å². The highest BCUT2D eigenvalue weighted by Crippen LogP contribution is 2.29. The van der Waals surface area contributed by atoms with Gasteiger partial charge in [0.15, 0.2) is 0 Å². The van der Waals surface area contributed by atoms with Gasteiger partial charge in [0.1, 0.15) is 10.7 Å². The van der Waals surface area contributed by atoms with Crippen molar-refractivity contribution in [1.29, 1.82) is 0 Å². The van der Waals surface area contributed by atoms with Crippen LogP contribution in [0.4, 0.5) is 4.39 Å². The molecule has 0 amide bonds. The minimum absolute atomic E-state index is 0. The number of rotatable bonds is 4. The van der Waals surface area contributed by atoms with Gasteiger partial charge < -0.3 is 5.32 Å². The van der Waals surface area contributed by atoms with Crippen molar-refractivity contribution in [3.8, 4) is 0 Å². The molecule has 1 fully saturated rings. The number of hydrogen-bond acceptors (Lipinski definition) is 3. The van der Waals surface area contributed by atoms with Gasteiger partial charge in [0.25, 0.3) is 0 Å². The minimum Gasteiger partial charge on any atom is -0.317 e. The van der Waals surface area contributed by atoms with Crippen molar-refractivity contribution in [3.63, 3.8) is 0 Å². The molecule has 120 valence electrons. The molecule has 0 saturated carbocycles. The van der Waals surface area contributed by atoms with Gasteiger partial charge in [-0.2, -0.15) is 0 Å². The van der Waals surface area contributed by atoms with Gasteiger partial charge in [-0.3, -0.25) is 0 Å². The summed E-state index contributed by atoms with van der Waals surface area (Å²) in [6.07, 6.45) is 1.75. The van der Waals surface area contributed by atoms with Gasteiger partial charge in [-0.1, -0.05) is 24.6 Å². The van der Waals surface area contributed by atoms with E-state index in [4.69, 9.17) is 11.6 Å². The molecule has 1 aromatic rings. The maximum Gasteiger partial charge on any atom is 0.244 e. The van der Waals surface area contributed by atoms with E-state index in [2.05, 4.69) is 10.0 Å². The first kappa shape index (κ1) is 18.6. The van der Waals surface area contributed by atoms with Gasteiger partial charge in [-0.25, -0.2) is 17.5 Å². The van der Waals surface area contributed by atoms with Crippen LogP contribution in [0.3, 0.4) is 0 Å². The molecule has 0 unspecified atom stereocenters. The van der Waals surface area contributed by atoms with Crippen LogP contribution in [-0.4, -0.2) is 28.1 Å². The van der Waals surface area contributed by atoms with E-state index in [-0.39, 0.29) is 29.4 Å². The molecule has 0 radical (unpaired) electrons. The summed E-state index contributed by atoms with van der Waals surface area (Å²) in [5, 5.41) is 3.12. The van der Waals surface area contributed by atoms with E-state index in [1.54, 1.807) is 0 Å². The van der Waals surface area contributed by atoms with E-state index in [9.17, 15) is 12.8 Å². The predicted octanol–water partition coefficient (Wildman–Crippen LogP) is 2.57. The fraction of sp³-hybridized carbons (Fsp3) is 0.538. The van der Waals surface area contributed by atoms with Crippen molar-refractivity contribution in [2.75, 3.05) is 19.6 Å². The van der Waals surface area contributed by atoms with Gasteiger partial charge >= 0.3 is 0 Å². The van der Waals surface area contributed by atoms with Crippen molar-refractivity contribution < 1.29 is 12.8 Å². The Morgan fingerprint density at radius 3 is 2.57 bits per heavy atom. The van der Waals surface area contributed by atoms with Crippen LogP contribution in [0.15, 0.2) is 23.1 Å². The molecule has 1 aromatic carbocycles. The number of halogens is 3. The third-order valence-electron chi connectivity index (χ3n) is 3.69. The summed E-state index contributed by atoms with van der Waals surface area (Å²) >= 11 is 5.80. The molecule has 1 heterocycles. The summed E-state index contributed by atoms with van der Waals surface area (Å²) in [4.78, 5) is -0.473. The van der Waals surface area contributed by atoms with Crippen molar-refractivity contribution in [3.05, 3.63) is 29.0 Å². The second-order valence-corrected chi connectivity index (χ2v) is 7.55. The average Bonchev–Trinajstić information content (AvgIpc) is 2.37. The Hall–Kier alpha value is -0.400. The van der Waals surface area contributed by atoms with E-state index >= 15 is 0 Å². The number of piperidine rings is 1. The molecule has 0 bridgehead atoms. The first-order valence-corrected chi connectivity index (χ1v) is 8.35. The van der Waals surface area contributed by atoms with Crippen molar-refractivity contribution in [2.24, 2.45) is 5.41 Å². The van der Waals surface area contributed by atoms with Crippen LogP contribution in [-0.2, 0) is 10.0 Å². The van der Waals surface area contributed by atoms with Crippen LogP contribution >= 0.6 is 24.0 Å². The molecule has 8 heteroatoms. The predicted molar refractivity (Wildman–Crippen MR) is 84.1 cm³/mol. The Balaban J connectivity index is 0.00000220. The number of nitrogens with one attached hydrogen (secondary N) is 2. The largest absolute Gasteiger partial charge is 0.317 e. The zero-order chi connectivity index (χ0) is 14.8. The average molecular weight is 357 g/mol. The summed E-state index contributed by atoms with van der Waals surface area (Å²) in [6, 6.07) is 3.84. The summed E-state index contributed by atoms with van der Waals surface area (Å²) in [5.41, 5.74) is -0.115. The second kappa shape index (κ2) is 7.24. The van der Waals surface area contributed by atoms with Crippen LogP contribution in [0, 0.1) is 11.2 Å². The highest BCUT2D eigenvalue weighted by Gasteiger charge is 2.30. The molecule has 1 aliphatic heterocycles. The fourth-order valence-corrected chi connectivity index (χ4v) is 4.09. The third-order valence-corrected chi connectivity index (χ3v) is 5.59. The van der Waals surface area contributed by atoms with E-state index in [1.807, 2.05) is 6.92 Å². The molecule has 1 aliphatic rings. The molecule has 0 spiro atoms. The number of sulfonamides is 1. The lowest BCUT2D eigenvalue weighted by Gasteiger charge is -2.34. The standard InChI is InChI=1S/C13H18ClFN2O2S.ClH/c1-13(5-7-16-8-6-13)9-17-20(18,19)12-10(14)3-2-4-11(12)15;/h2-4,16-17H,5-9H2,1H3;1H. The highest BCUT2D eigenvalue weighted by molar-refractivity contribution is 7.89. The zero-order valence-corrected chi connectivity index (χ0v) is 14.0. The van der Waals surface area contributed by atoms with Crippen LogP contribution in [0.5, 0.6) is 0 Å². The van der Waals surface area contributed by atoms with E-state index in [0.717, 1.165) is 32.0 Å². The Bertz CT molecular complexity index is 570. The molecule has 4 nitrogen and oxygen atoms in total. The smallest absolute Gasteiger partial charge is 0.244 e. The molecular formula is C13H19Cl2FN2O2S. The van der Waals surface area contributed by atoms with Gasteiger partial charge in [-0.05, 0) is 43.5 Å². The maximum absolute atomic E-state index is 13.7. The zero-order valence-electron chi connectivity index (χ0n) is 11.7. The molecule has 0 aliphatic carbocycles. The van der Waals surface area contributed by atoms with E-state index in [1.165, 1.54) is 12.1 Å². The Kier molecular flexibility index (Phi) is 6.43. The topological polar surface area (TPSA) is 58.2 Å². The van der Waals surface area contributed by atoms with E-state index < -0.39 is 20.7 Å². The van der Waals surface area contributed by atoms with Crippen molar-refractivity contribution in [2.45, 2.75) is 24.7 Å². The number of benzene rings is 1. The van der Waals surface area contributed by atoms with Gasteiger partial charge in [-0.15, -0.1) is 12.4 Å². The highest BCUT2D eigenvalue weighted by atomic mass is 35.5. The Morgan fingerprint density at radius 1 is 1.38 bits per heavy atom. The van der Waals surface area contributed by atoms with Crippen molar-refractivity contribution >= 4 is 34.0 Å². The van der Waals surface area contributed by atoms with Crippen molar-refractivity contribution in [1.82, 2.24) is 10.0 Å². The lowest BCUT2D eigenvalue weighted by atomic mass is 9.81. The van der Waals surface area contributed by atoms with E-state index in [0.29, 0.717) is 0 Å². The van der Waals surface area contributed by atoms with Crippen LogP contribution < -0.4 is 10.0 Å². The summed E-state index contributed by atoms with van der Waals surface area (Å²) in [5.74, 6) is -0.833. The number of hydrogen-bond donors (Lipinski definition) is 2. The first-order valence-electron chi connectivity index (χ1n) is 6.48. The maximum atomic E-state index is 13.7. The summed E-state index contributed by atoms with van der Waals surface area (Å²) < 4.78 is 40.6. The summed E-state index contributed by atoms with van der Waals surface area (Å²) in [6.45, 7) is 4.03. The molecule has 2 rings (SSSR count). The van der Waals surface area contributed by atoms with Gasteiger partial charge in [0, 0.05) is 6.54 Å². The normalized spacial score (nSPS) is 18.0.